The Labute approximate surface area is 53.5 Å². The van der Waals surface area contributed by atoms with Crippen molar-refractivity contribution in [1.82, 2.24) is 5.01 Å². The molecule has 0 saturated heterocycles. The van der Waals surface area contributed by atoms with Gasteiger partial charge in [-0.2, -0.15) is 0 Å². The molecule has 0 fully saturated rings. The first-order valence-corrected chi connectivity index (χ1v) is 3.55. The van der Waals surface area contributed by atoms with E-state index >= 15 is 0 Å². The molecule has 1 atom stereocenters. The minimum absolute atomic E-state index is 0.0208. The Kier molecular flexibility index (Phi) is 1.48. The molecular weight excluding hydrogens is 144 g/mol. The van der Waals surface area contributed by atoms with E-state index in [4.69, 9.17) is 0 Å². The second-order valence-electron chi connectivity index (χ2n) is 1.47. The molecule has 0 aromatic heterocycles. The van der Waals surface area contributed by atoms with Gasteiger partial charge in [0.05, 0.1) is 17.0 Å². The van der Waals surface area contributed by atoms with Gasteiger partial charge in [-0.1, -0.05) is 5.01 Å². The Hall–Kier alpha value is -0.910. The van der Waals surface area contributed by atoms with Gasteiger partial charge < -0.3 is 0 Å². The van der Waals surface area contributed by atoms with Gasteiger partial charge in [-0.25, -0.2) is 10.1 Å². The smallest absolute Gasteiger partial charge is 0.165 e. The first-order chi connectivity index (χ1) is 4.20. The van der Waals surface area contributed by atoms with E-state index in [0.29, 0.717) is 0 Å². The normalized spacial score (nSPS) is 24.9. The fourth-order valence-electron chi connectivity index (χ4n) is 0.456. The van der Waals surface area contributed by atoms with E-state index in [2.05, 4.69) is 0 Å². The van der Waals surface area contributed by atoms with Crippen LogP contribution < -0.4 is 0 Å². The molecule has 5 nitrogen and oxygen atoms in total. The van der Waals surface area contributed by atoms with Crippen LogP contribution in [0.15, 0.2) is 11.6 Å². The van der Waals surface area contributed by atoms with Crippen molar-refractivity contribution in [3.8, 4) is 0 Å². The molecule has 0 aromatic rings. The highest BCUT2D eigenvalue weighted by Gasteiger charge is 2.18. The zero-order valence-electron chi connectivity index (χ0n) is 4.39. The lowest BCUT2D eigenvalue weighted by molar-refractivity contribution is -0.634. The third kappa shape index (κ3) is 1.26. The summed E-state index contributed by atoms with van der Waals surface area (Å²) < 4.78 is 10.4. The number of hydrogen-bond acceptors (Lipinski definition) is 3. The molecule has 0 amide bonds. The monoisotopic (exact) mass is 148 g/mol. The van der Waals surface area contributed by atoms with Crippen LogP contribution in [0.2, 0.25) is 0 Å². The SMILES string of the molecule is O=[N+]([O-])N1C=CS(=O)C1. The van der Waals surface area contributed by atoms with Gasteiger partial charge in [0.25, 0.3) is 0 Å². The Morgan fingerprint density at radius 3 is 2.67 bits per heavy atom. The fourth-order valence-corrected chi connectivity index (χ4v) is 1.26. The summed E-state index contributed by atoms with van der Waals surface area (Å²) >= 11 is 0. The van der Waals surface area contributed by atoms with Crippen LogP contribution in [0.3, 0.4) is 0 Å². The lowest BCUT2D eigenvalue weighted by atomic mass is 11.0. The average molecular weight is 148 g/mol. The van der Waals surface area contributed by atoms with Gasteiger partial charge in [0.1, 0.15) is 0 Å². The van der Waals surface area contributed by atoms with Gasteiger partial charge in [-0.15, -0.1) is 0 Å². The standard InChI is InChI=1S/C3H4N2O3S/c6-5(7)4-1-2-9(8)3-4/h1-2H,3H2. The molecule has 0 N–H and O–H groups in total. The first kappa shape index (κ1) is 6.21. The molecule has 0 bridgehead atoms. The van der Waals surface area contributed by atoms with Crippen molar-refractivity contribution < 1.29 is 9.24 Å². The molecule has 0 aromatic carbocycles. The Bertz CT molecular complexity index is 189. The zero-order chi connectivity index (χ0) is 6.85. The minimum Gasteiger partial charge on any atom is -0.253 e. The molecule has 0 aliphatic carbocycles. The molecule has 1 heterocycles. The van der Waals surface area contributed by atoms with Gasteiger partial charge >= 0.3 is 0 Å². The zero-order valence-corrected chi connectivity index (χ0v) is 5.21. The van der Waals surface area contributed by atoms with Crippen LogP contribution in [0.25, 0.3) is 0 Å². The van der Waals surface area contributed by atoms with Crippen molar-refractivity contribution in [2.75, 3.05) is 5.88 Å². The number of hydrogen-bond donors (Lipinski definition) is 0. The molecule has 1 aliphatic heterocycles. The molecule has 0 saturated carbocycles. The van der Waals surface area contributed by atoms with Crippen molar-refractivity contribution in [2.24, 2.45) is 0 Å². The van der Waals surface area contributed by atoms with Crippen molar-refractivity contribution in [3.05, 3.63) is 21.7 Å². The largest absolute Gasteiger partial charge is 0.253 e. The molecule has 9 heavy (non-hydrogen) atoms. The molecule has 6 heteroatoms. The van der Waals surface area contributed by atoms with E-state index in [1.807, 2.05) is 0 Å². The van der Waals surface area contributed by atoms with Crippen molar-refractivity contribution in [2.45, 2.75) is 0 Å². The third-order valence-corrected chi connectivity index (χ3v) is 1.80. The summed E-state index contributed by atoms with van der Waals surface area (Å²) in [7, 11) is -1.17. The second kappa shape index (κ2) is 2.14. The summed E-state index contributed by atoms with van der Waals surface area (Å²) in [6, 6.07) is 0. The molecular formula is C3H4N2O3S. The van der Waals surface area contributed by atoms with Crippen LogP contribution in [0.5, 0.6) is 0 Å². The van der Waals surface area contributed by atoms with E-state index in [-0.39, 0.29) is 5.88 Å². The predicted octanol–water partition coefficient (Wildman–Crippen LogP) is -0.329. The third-order valence-electron chi connectivity index (χ3n) is 0.854. The highest BCUT2D eigenvalue weighted by Crippen LogP contribution is 2.03. The maximum atomic E-state index is 10.4. The first-order valence-electron chi connectivity index (χ1n) is 2.16. The average Bonchev–Trinajstić information content (AvgIpc) is 2.14. The Morgan fingerprint density at radius 2 is 2.44 bits per heavy atom. The van der Waals surface area contributed by atoms with Crippen molar-refractivity contribution >= 4 is 10.8 Å². The summed E-state index contributed by atoms with van der Waals surface area (Å²) in [4.78, 5) is 9.89. The van der Waals surface area contributed by atoms with Crippen LogP contribution in [0, 0.1) is 10.1 Å². The van der Waals surface area contributed by atoms with Crippen LogP contribution >= 0.6 is 0 Å². The van der Waals surface area contributed by atoms with E-state index in [0.717, 1.165) is 5.01 Å². The number of rotatable bonds is 1. The second-order valence-corrected chi connectivity index (χ2v) is 2.76. The van der Waals surface area contributed by atoms with Gasteiger partial charge in [0.2, 0.25) is 0 Å². The summed E-state index contributed by atoms with van der Waals surface area (Å²) in [5.74, 6) is -0.0208. The lowest BCUT2D eigenvalue weighted by Gasteiger charge is -1.98. The van der Waals surface area contributed by atoms with Gasteiger partial charge in [0, 0.05) is 5.41 Å². The van der Waals surface area contributed by atoms with Crippen LogP contribution in [-0.2, 0) is 10.8 Å². The predicted molar refractivity (Wildman–Crippen MR) is 31.0 cm³/mol. The maximum absolute atomic E-state index is 10.4. The van der Waals surface area contributed by atoms with Crippen molar-refractivity contribution in [3.63, 3.8) is 0 Å². The number of nitrogens with zero attached hydrogens (tertiary/aromatic N) is 2. The van der Waals surface area contributed by atoms with Gasteiger partial charge in [-0.3, -0.25) is 4.21 Å². The van der Waals surface area contributed by atoms with E-state index in [9.17, 15) is 14.3 Å². The highest BCUT2D eigenvalue weighted by atomic mass is 32.2. The molecule has 1 rings (SSSR count). The molecule has 50 valence electrons. The molecule has 0 spiro atoms. The minimum atomic E-state index is -1.17. The molecule has 0 radical (unpaired) electrons. The van der Waals surface area contributed by atoms with Crippen LogP contribution in [0.1, 0.15) is 0 Å². The molecule has 1 unspecified atom stereocenters. The van der Waals surface area contributed by atoms with E-state index in [1.54, 1.807) is 0 Å². The summed E-state index contributed by atoms with van der Waals surface area (Å²) in [6.07, 6.45) is 1.20. The topological polar surface area (TPSA) is 63.5 Å². The van der Waals surface area contributed by atoms with Crippen LogP contribution in [0.4, 0.5) is 0 Å². The quantitative estimate of drug-likeness (QED) is 0.377. The van der Waals surface area contributed by atoms with E-state index in [1.165, 1.54) is 11.6 Å². The maximum Gasteiger partial charge on any atom is 0.165 e. The summed E-state index contributed by atoms with van der Waals surface area (Å²) in [5.41, 5.74) is 0. The summed E-state index contributed by atoms with van der Waals surface area (Å²) in [6.45, 7) is 0. The van der Waals surface area contributed by atoms with Crippen molar-refractivity contribution in [1.29, 1.82) is 0 Å². The van der Waals surface area contributed by atoms with Crippen LogP contribution in [-0.4, -0.2) is 20.1 Å². The number of nitro groups is 1. The number of hydrazine groups is 1. The fraction of sp³-hybridized carbons (Fsp3) is 0.333. The molecule has 1 aliphatic rings. The Balaban J connectivity index is 2.60. The van der Waals surface area contributed by atoms with Gasteiger partial charge in [0.15, 0.2) is 10.9 Å². The van der Waals surface area contributed by atoms with E-state index < -0.39 is 15.8 Å². The Morgan fingerprint density at radius 1 is 1.78 bits per heavy atom. The van der Waals surface area contributed by atoms with Gasteiger partial charge in [-0.05, 0) is 0 Å². The lowest BCUT2D eigenvalue weighted by Crippen LogP contribution is -2.22. The highest BCUT2D eigenvalue weighted by molar-refractivity contribution is 7.88. The summed E-state index contributed by atoms with van der Waals surface area (Å²) in [5, 5.41) is 11.4.